The molecule has 0 bridgehead atoms. The minimum absolute atomic E-state index is 0.0432. The predicted octanol–water partition coefficient (Wildman–Crippen LogP) is 2.36. The molecule has 0 aromatic heterocycles. The SMILES string of the molecule is CCNC1CCN(c2cccc(Cl)c2C)C1=O. The molecule has 1 aromatic rings. The topological polar surface area (TPSA) is 32.3 Å². The molecule has 1 fully saturated rings. The van der Waals surface area contributed by atoms with Crippen LogP contribution in [-0.2, 0) is 4.79 Å². The number of carbonyl (C=O) groups excluding carboxylic acids is 1. The van der Waals surface area contributed by atoms with E-state index in [2.05, 4.69) is 5.32 Å². The van der Waals surface area contributed by atoms with Gasteiger partial charge < -0.3 is 10.2 Å². The van der Waals surface area contributed by atoms with Crippen LogP contribution in [-0.4, -0.2) is 25.0 Å². The van der Waals surface area contributed by atoms with Gasteiger partial charge >= 0.3 is 0 Å². The van der Waals surface area contributed by atoms with Gasteiger partial charge in [0.15, 0.2) is 0 Å². The molecule has 1 atom stereocenters. The van der Waals surface area contributed by atoms with Gasteiger partial charge in [0, 0.05) is 17.3 Å². The van der Waals surface area contributed by atoms with Gasteiger partial charge in [0.1, 0.15) is 0 Å². The van der Waals surface area contributed by atoms with Crippen LogP contribution in [0.5, 0.6) is 0 Å². The Hall–Kier alpha value is -1.06. The van der Waals surface area contributed by atoms with E-state index in [4.69, 9.17) is 11.6 Å². The summed E-state index contributed by atoms with van der Waals surface area (Å²) in [7, 11) is 0. The molecule has 1 amide bonds. The number of nitrogens with zero attached hydrogens (tertiary/aromatic N) is 1. The van der Waals surface area contributed by atoms with Crippen molar-refractivity contribution in [3.63, 3.8) is 0 Å². The first kappa shape index (κ1) is 12.4. The van der Waals surface area contributed by atoms with Gasteiger partial charge in [-0.2, -0.15) is 0 Å². The molecule has 1 saturated heterocycles. The second kappa shape index (κ2) is 5.07. The van der Waals surface area contributed by atoms with Crippen molar-refractivity contribution < 1.29 is 4.79 Å². The molecule has 2 rings (SSSR count). The summed E-state index contributed by atoms with van der Waals surface area (Å²) in [6.07, 6.45) is 0.860. The van der Waals surface area contributed by atoms with Gasteiger partial charge in [0.2, 0.25) is 5.91 Å². The van der Waals surface area contributed by atoms with Crippen molar-refractivity contribution in [2.24, 2.45) is 0 Å². The van der Waals surface area contributed by atoms with Gasteiger partial charge in [-0.3, -0.25) is 4.79 Å². The lowest BCUT2D eigenvalue weighted by Crippen LogP contribution is -2.38. The van der Waals surface area contributed by atoms with Crippen LogP contribution in [0.2, 0.25) is 5.02 Å². The van der Waals surface area contributed by atoms with Crippen LogP contribution in [0, 0.1) is 6.92 Å². The van der Waals surface area contributed by atoms with Gasteiger partial charge in [-0.25, -0.2) is 0 Å². The highest BCUT2D eigenvalue weighted by Gasteiger charge is 2.32. The number of likely N-dealkylation sites (N-methyl/N-ethyl adjacent to an activating group) is 1. The third kappa shape index (κ3) is 2.31. The number of hydrogen-bond acceptors (Lipinski definition) is 2. The van der Waals surface area contributed by atoms with Gasteiger partial charge in [-0.05, 0) is 37.6 Å². The Morgan fingerprint density at radius 2 is 2.29 bits per heavy atom. The van der Waals surface area contributed by atoms with E-state index in [-0.39, 0.29) is 11.9 Å². The summed E-state index contributed by atoms with van der Waals surface area (Å²) in [6.45, 7) is 5.54. The van der Waals surface area contributed by atoms with Gasteiger partial charge in [0.05, 0.1) is 6.04 Å². The molecule has 17 heavy (non-hydrogen) atoms. The van der Waals surface area contributed by atoms with E-state index < -0.39 is 0 Å². The highest BCUT2D eigenvalue weighted by Crippen LogP contribution is 2.29. The van der Waals surface area contributed by atoms with Crippen LogP contribution in [0.3, 0.4) is 0 Å². The largest absolute Gasteiger partial charge is 0.311 e. The molecule has 1 aromatic carbocycles. The van der Waals surface area contributed by atoms with Crippen molar-refractivity contribution in [3.05, 3.63) is 28.8 Å². The molecule has 1 aliphatic rings. The highest BCUT2D eigenvalue weighted by atomic mass is 35.5. The summed E-state index contributed by atoms with van der Waals surface area (Å²) in [4.78, 5) is 14.0. The lowest BCUT2D eigenvalue weighted by atomic mass is 10.2. The van der Waals surface area contributed by atoms with Crippen molar-refractivity contribution in [1.29, 1.82) is 0 Å². The van der Waals surface area contributed by atoms with Crippen LogP contribution in [0.15, 0.2) is 18.2 Å². The average Bonchev–Trinajstić information content (AvgIpc) is 2.66. The number of hydrogen-bond donors (Lipinski definition) is 1. The molecular formula is C13H17ClN2O. The molecule has 1 aliphatic heterocycles. The maximum atomic E-state index is 12.2. The summed E-state index contributed by atoms with van der Waals surface area (Å²) >= 11 is 6.08. The van der Waals surface area contributed by atoms with E-state index in [0.717, 1.165) is 30.8 Å². The van der Waals surface area contributed by atoms with Crippen molar-refractivity contribution in [1.82, 2.24) is 5.32 Å². The number of benzene rings is 1. The summed E-state index contributed by atoms with van der Waals surface area (Å²) in [5.41, 5.74) is 1.91. The Bertz CT molecular complexity index is 433. The normalized spacial score (nSPS) is 20.1. The van der Waals surface area contributed by atoms with Crippen LogP contribution in [0.25, 0.3) is 0 Å². The average molecular weight is 253 g/mol. The van der Waals surface area contributed by atoms with Crippen LogP contribution in [0.1, 0.15) is 18.9 Å². The number of halogens is 1. The number of nitrogens with one attached hydrogen (secondary N) is 1. The Morgan fingerprint density at radius 1 is 1.53 bits per heavy atom. The highest BCUT2D eigenvalue weighted by molar-refractivity contribution is 6.31. The monoisotopic (exact) mass is 252 g/mol. The Morgan fingerprint density at radius 3 is 3.00 bits per heavy atom. The molecule has 4 heteroatoms. The predicted molar refractivity (Wildman–Crippen MR) is 70.6 cm³/mol. The summed E-state index contributed by atoms with van der Waals surface area (Å²) in [5, 5.41) is 3.91. The number of anilines is 1. The molecule has 0 saturated carbocycles. The van der Waals surface area contributed by atoms with Gasteiger partial charge in [0.25, 0.3) is 0 Å². The third-order valence-corrected chi connectivity index (χ3v) is 3.60. The molecule has 0 radical (unpaired) electrons. The number of carbonyl (C=O) groups is 1. The third-order valence-electron chi connectivity index (χ3n) is 3.19. The molecular weight excluding hydrogens is 236 g/mol. The summed E-state index contributed by atoms with van der Waals surface area (Å²) in [5.74, 6) is 0.150. The molecule has 1 N–H and O–H groups in total. The zero-order valence-corrected chi connectivity index (χ0v) is 10.9. The zero-order valence-electron chi connectivity index (χ0n) is 10.2. The maximum Gasteiger partial charge on any atom is 0.244 e. The molecule has 1 heterocycles. The van der Waals surface area contributed by atoms with Crippen molar-refractivity contribution in [3.8, 4) is 0 Å². The number of rotatable bonds is 3. The minimum atomic E-state index is -0.0432. The van der Waals surface area contributed by atoms with Gasteiger partial charge in [-0.15, -0.1) is 0 Å². The first-order valence-electron chi connectivity index (χ1n) is 5.95. The molecule has 0 aliphatic carbocycles. The molecule has 1 unspecified atom stereocenters. The Kier molecular flexibility index (Phi) is 3.69. The van der Waals surface area contributed by atoms with E-state index in [1.54, 1.807) is 0 Å². The molecule has 0 spiro atoms. The van der Waals surface area contributed by atoms with E-state index in [0.29, 0.717) is 5.02 Å². The maximum absolute atomic E-state index is 12.2. The standard InChI is InChI=1S/C13H17ClN2O/c1-3-15-11-7-8-16(13(11)17)12-6-4-5-10(14)9(12)2/h4-6,11,15H,3,7-8H2,1-2H3. The second-order valence-corrected chi connectivity index (χ2v) is 4.68. The van der Waals surface area contributed by atoms with E-state index in [1.165, 1.54) is 0 Å². The first-order chi connectivity index (χ1) is 8.15. The van der Waals surface area contributed by atoms with Crippen molar-refractivity contribution in [2.75, 3.05) is 18.0 Å². The van der Waals surface area contributed by atoms with E-state index in [1.807, 2.05) is 36.9 Å². The van der Waals surface area contributed by atoms with Crippen LogP contribution in [0.4, 0.5) is 5.69 Å². The second-order valence-electron chi connectivity index (χ2n) is 4.27. The molecule has 3 nitrogen and oxygen atoms in total. The molecule has 92 valence electrons. The Balaban J connectivity index is 2.24. The smallest absolute Gasteiger partial charge is 0.244 e. The van der Waals surface area contributed by atoms with Crippen molar-refractivity contribution in [2.45, 2.75) is 26.3 Å². The lowest BCUT2D eigenvalue weighted by molar-refractivity contribution is -0.118. The van der Waals surface area contributed by atoms with Crippen molar-refractivity contribution >= 4 is 23.2 Å². The fourth-order valence-electron chi connectivity index (χ4n) is 2.24. The fraction of sp³-hybridized carbons (Fsp3) is 0.462. The first-order valence-corrected chi connectivity index (χ1v) is 6.32. The minimum Gasteiger partial charge on any atom is -0.311 e. The van der Waals surface area contributed by atoms with E-state index >= 15 is 0 Å². The van der Waals surface area contributed by atoms with Crippen LogP contribution < -0.4 is 10.2 Å². The fourth-order valence-corrected chi connectivity index (χ4v) is 2.41. The summed E-state index contributed by atoms with van der Waals surface area (Å²) < 4.78 is 0. The summed E-state index contributed by atoms with van der Waals surface area (Å²) in [6, 6.07) is 5.65. The van der Waals surface area contributed by atoms with Crippen LogP contribution >= 0.6 is 11.6 Å². The zero-order chi connectivity index (χ0) is 12.4. The van der Waals surface area contributed by atoms with Gasteiger partial charge in [-0.1, -0.05) is 24.6 Å². The Labute approximate surface area is 107 Å². The lowest BCUT2D eigenvalue weighted by Gasteiger charge is -2.19. The van der Waals surface area contributed by atoms with E-state index in [9.17, 15) is 4.79 Å². The number of amides is 1. The quantitative estimate of drug-likeness (QED) is 0.896.